The molecule has 0 aliphatic rings. The summed E-state index contributed by atoms with van der Waals surface area (Å²) in [5.41, 5.74) is 0. The lowest BCUT2D eigenvalue weighted by Crippen LogP contribution is -1.59. The van der Waals surface area contributed by atoms with Crippen molar-refractivity contribution in [2.75, 3.05) is 0 Å². The van der Waals surface area contributed by atoms with Crippen LogP contribution in [0.2, 0.25) is 0 Å². The van der Waals surface area contributed by atoms with Crippen LogP contribution in [0.25, 0.3) is 0 Å². The van der Waals surface area contributed by atoms with E-state index in [9.17, 15) is 0 Å². The van der Waals surface area contributed by atoms with Crippen LogP contribution in [-0.2, 0) is 0 Å². The van der Waals surface area contributed by atoms with Gasteiger partial charge < -0.3 is 0 Å². The molecule has 0 N–H and O–H groups in total. The first-order valence-electron chi connectivity index (χ1n) is 0.655. The van der Waals surface area contributed by atoms with E-state index in [-0.39, 0.29) is 2.71 Å². The highest BCUT2D eigenvalue weighted by Gasteiger charge is 1.81. The Balaban J connectivity index is 0. The second-order valence-electron chi connectivity index (χ2n) is 0.247. The Kier molecular flexibility index (Phi) is 5.75. The average Bonchev–Trinajstić information content (AvgIpc) is 0.811. The van der Waals surface area contributed by atoms with Crippen molar-refractivity contribution in [2.24, 2.45) is 0 Å². The van der Waals surface area contributed by atoms with Crippen molar-refractivity contribution in [2.45, 2.75) is 0 Å². The van der Waals surface area contributed by atoms with Gasteiger partial charge in [-0.25, -0.2) is 0 Å². The molecule has 0 nitrogen and oxygen atoms in total. The molecule has 26 valence electrons. The Bertz CT molecular complexity index is 11.6. The average molecular weight is 411 g/mol. The smallest absolute Gasteiger partial charge is 0.0953 e. The molecular weight excluding hydrogens is 409 g/mol. The van der Waals surface area contributed by atoms with Gasteiger partial charge in [-0.2, -0.15) is 0 Å². The minimum Gasteiger partial charge on any atom is -0.0953 e. The molecule has 0 spiro atoms. The van der Waals surface area contributed by atoms with Crippen LogP contribution < -0.4 is 0 Å². The molecule has 4 heavy (non-hydrogen) atoms. The molecule has 0 aromatic carbocycles. The Morgan fingerprint density at radius 3 is 1.25 bits per heavy atom. The van der Waals surface area contributed by atoms with Gasteiger partial charge in [-0.05, 0) is 0 Å². The predicted molar refractivity (Wildman–Crippen MR) is 50.3 cm³/mol. The van der Waals surface area contributed by atoms with E-state index in [0.717, 1.165) is 0 Å². The Labute approximate surface area is 66.8 Å². The van der Waals surface area contributed by atoms with Crippen molar-refractivity contribution in [3.8, 4) is 0 Å². The molecule has 0 amide bonds. The van der Waals surface area contributed by atoms with E-state index in [1.165, 1.54) is 0 Å². The number of hydrogen-bond acceptors (Lipinski definition) is 0. The molecule has 0 rings (SSSR count). The Hall–Kier alpha value is 2.41. The fourth-order valence-corrected chi connectivity index (χ4v) is 0. The highest BCUT2D eigenvalue weighted by molar-refractivity contribution is 14.4. The fourth-order valence-electron chi connectivity index (χ4n) is 0. The van der Waals surface area contributed by atoms with Gasteiger partial charge in [0.05, 0.1) is 0 Å². The van der Waals surface area contributed by atoms with Crippen LogP contribution in [0.4, 0.5) is 0 Å². The van der Waals surface area contributed by atoms with E-state index in [1.807, 2.05) is 0 Å². The SMILES string of the molecule is I[SiH](I)I.[H+]. The molecule has 0 aromatic heterocycles. The van der Waals surface area contributed by atoms with Crippen LogP contribution in [0, 0.1) is 0 Å². The first-order valence-corrected chi connectivity index (χ1v) is 13.2. The molecule has 0 saturated heterocycles. The third-order valence-corrected chi connectivity index (χ3v) is 0. The van der Waals surface area contributed by atoms with Crippen LogP contribution in [-0.4, -0.2) is 1.29 Å². The number of hydrogen-bond donors (Lipinski definition) is 0. The third kappa shape index (κ3) is 8.83. The minimum absolute atomic E-state index is 0. The maximum atomic E-state index is 2.46. The molecule has 0 unspecified atom stereocenters. The molecule has 0 fully saturated rings. The van der Waals surface area contributed by atoms with E-state index < -0.39 is 0 Å². The van der Waals surface area contributed by atoms with E-state index in [0.29, 0.717) is 0 Å². The maximum Gasteiger partial charge on any atom is 1.00 e. The normalized spacial score (nSPS) is 9.00. The van der Waals surface area contributed by atoms with Gasteiger partial charge >= 0.3 is 1.43 Å². The van der Waals surface area contributed by atoms with Gasteiger partial charge in [0, 0.05) is 0 Å². The van der Waals surface area contributed by atoms with E-state index in [2.05, 4.69) is 65.4 Å². The zero-order valence-corrected chi connectivity index (χ0v) is 9.34. The second kappa shape index (κ2) is 3.59. The largest absolute Gasteiger partial charge is 1.00 e. The molecule has 0 aliphatic carbocycles. The quantitative estimate of drug-likeness (QED) is 0.326. The van der Waals surface area contributed by atoms with Crippen molar-refractivity contribution >= 4 is 66.7 Å². The summed E-state index contributed by atoms with van der Waals surface area (Å²) in [4.78, 5) is 0. The summed E-state index contributed by atoms with van der Waals surface area (Å²) in [5, 5.41) is 0. The minimum atomic E-state index is -0.229. The zero-order chi connectivity index (χ0) is 3.58. The van der Waals surface area contributed by atoms with Crippen molar-refractivity contribution in [3.05, 3.63) is 0 Å². The van der Waals surface area contributed by atoms with Gasteiger partial charge in [0.25, 0.3) is 0 Å². The summed E-state index contributed by atoms with van der Waals surface area (Å²) >= 11 is 7.37. The summed E-state index contributed by atoms with van der Waals surface area (Å²) < 4.78 is -0.229. The van der Waals surface area contributed by atoms with Crippen molar-refractivity contribution in [1.82, 2.24) is 0 Å². The monoisotopic (exact) mass is 411 g/mol. The van der Waals surface area contributed by atoms with Crippen molar-refractivity contribution < 1.29 is 1.43 Å². The van der Waals surface area contributed by atoms with Crippen LogP contribution in [0.3, 0.4) is 0 Å². The van der Waals surface area contributed by atoms with E-state index in [1.54, 1.807) is 0 Å². The van der Waals surface area contributed by atoms with Gasteiger partial charge in [-0.3, -0.25) is 0 Å². The van der Waals surface area contributed by atoms with Crippen molar-refractivity contribution in [3.63, 3.8) is 0 Å². The van der Waals surface area contributed by atoms with Crippen LogP contribution in [0.5, 0.6) is 0 Å². The lowest BCUT2D eigenvalue weighted by Gasteiger charge is -1.67. The lowest BCUT2D eigenvalue weighted by molar-refractivity contribution is 5.41. The maximum absolute atomic E-state index is 2.46. The standard InChI is InChI=1S/HI3Si/c1-4(2)3/h4H/p+1. The lowest BCUT2D eigenvalue weighted by atomic mass is 28.1. The molecule has 0 bridgehead atoms. The van der Waals surface area contributed by atoms with E-state index in [4.69, 9.17) is 0 Å². The summed E-state index contributed by atoms with van der Waals surface area (Å²) in [6.07, 6.45) is 0. The van der Waals surface area contributed by atoms with E-state index >= 15 is 0 Å². The zero-order valence-electron chi connectivity index (χ0n) is 2.71. The first-order chi connectivity index (χ1) is 1.73. The van der Waals surface area contributed by atoms with Crippen LogP contribution in [0.15, 0.2) is 0 Å². The molecule has 0 atom stereocenters. The van der Waals surface area contributed by atoms with Gasteiger partial charge in [-0.1, -0.05) is 65.4 Å². The topological polar surface area (TPSA) is 0 Å². The summed E-state index contributed by atoms with van der Waals surface area (Å²) in [6.45, 7) is 0. The Morgan fingerprint density at radius 2 is 1.25 bits per heavy atom. The van der Waals surface area contributed by atoms with Crippen molar-refractivity contribution in [1.29, 1.82) is 0 Å². The van der Waals surface area contributed by atoms with Gasteiger partial charge in [0.1, 0.15) is 0 Å². The summed E-state index contributed by atoms with van der Waals surface area (Å²) in [7, 11) is 0. The molecule has 0 heterocycles. The molecule has 0 radical (unpaired) electrons. The third-order valence-electron chi connectivity index (χ3n) is 0. The summed E-state index contributed by atoms with van der Waals surface area (Å²) in [5.74, 6) is 0. The highest BCUT2D eigenvalue weighted by atomic mass is 127. The second-order valence-corrected chi connectivity index (χ2v) is 33.4. The molecular formula is H2I3Si+. The van der Waals surface area contributed by atoms with Gasteiger partial charge in [0.2, 0.25) is 1.29 Å². The molecule has 0 saturated carbocycles. The van der Waals surface area contributed by atoms with Crippen LogP contribution >= 0.6 is 65.4 Å². The highest BCUT2D eigenvalue weighted by Crippen LogP contribution is 2.10. The number of rotatable bonds is 0. The Morgan fingerprint density at radius 1 is 1.25 bits per heavy atom. The fraction of sp³-hybridized carbons (Fsp3) is 0. The molecule has 0 aromatic rings. The van der Waals surface area contributed by atoms with Gasteiger partial charge in [0.15, 0.2) is 0 Å². The van der Waals surface area contributed by atoms with Gasteiger partial charge in [-0.15, -0.1) is 0 Å². The molecule has 4 heteroatoms. The number of halogens is 3. The summed E-state index contributed by atoms with van der Waals surface area (Å²) in [6, 6.07) is 0. The first kappa shape index (κ1) is 6.41. The molecule has 0 aliphatic heterocycles. The predicted octanol–water partition coefficient (Wildman–Crippen LogP) is 2.12. The van der Waals surface area contributed by atoms with Crippen LogP contribution in [0.1, 0.15) is 1.43 Å².